The van der Waals surface area contributed by atoms with E-state index in [1.165, 1.54) is 11.8 Å². The van der Waals surface area contributed by atoms with Crippen molar-refractivity contribution in [1.82, 2.24) is 10.2 Å². The Bertz CT molecular complexity index is 571. The Morgan fingerprint density at radius 3 is 2.91 bits per heavy atom. The molecule has 120 valence electrons. The average Bonchev–Trinajstić information content (AvgIpc) is 2.84. The molecule has 2 amide bonds. The predicted octanol–water partition coefficient (Wildman–Crippen LogP) is 2.33. The first kappa shape index (κ1) is 17.4. The molecule has 1 saturated heterocycles. The highest BCUT2D eigenvalue weighted by Crippen LogP contribution is 2.40. The second kappa shape index (κ2) is 8.06. The van der Waals surface area contributed by atoms with E-state index in [-0.39, 0.29) is 23.7 Å². The van der Waals surface area contributed by atoms with Gasteiger partial charge in [0.2, 0.25) is 11.8 Å². The smallest absolute Gasteiger partial charge is 0.239 e. The third-order valence-corrected chi connectivity index (χ3v) is 5.13. The van der Waals surface area contributed by atoms with E-state index < -0.39 is 0 Å². The summed E-state index contributed by atoms with van der Waals surface area (Å²) >= 11 is 13.4. The maximum absolute atomic E-state index is 12.0. The quantitative estimate of drug-likeness (QED) is 0.789. The number of carbonyl (C=O) groups is 2. The van der Waals surface area contributed by atoms with Gasteiger partial charge in [0, 0.05) is 13.7 Å². The van der Waals surface area contributed by atoms with Crippen LogP contribution in [0.2, 0.25) is 10.0 Å². The maximum Gasteiger partial charge on any atom is 0.239 e. The Labute approximate surface area is 143 Å². The number of rotatable bonds is 6. The van der Waals surface area contributed by atoms with Crippen molar-refractivity contribution in [2.24, 2.45) is 0 Å². The van der Waals surface area contributed by atoms with Gasteiger partial charge >= 0.3 is 0 Å². The number of benzene rings is 1. The molecule has 8 heteroatoms. The summed E-state index contributed by atoms with van der Waals surface area (Å²) in [6.45, 7) is 0.868. The van der Waals surface area contributed by atoms with Crippen molar-refractivity contribution in [3.63, 3.8) is 0 Å². The van der Waals surface area contributed by atoms with Gasteiger partial charge in [0.05, 0.1) is 22.4 Å². The fourth-order valence-corrected chi connectivity index (χ4v) is 3.55. The summed E-state index contributed by atoms with van der Waals surface area (Å²) in [5.74, 6) is 0.0666. The van der Waals surface area contributed by atoms with E-state index in [2.05, 4.69) is 5.32 Å². The van der Waals surface area contributed by atoms with Crippen LogP contribution in [0.5, 0.6) is 0 Å². The van der Waals surface area contributed by atoms with Crippen LogP contribution in [0.15, 0.2) is 18.2 Å². The van der Waals surface area contributed by atoms with Crippen molar-refractivity contribution in [2.45, 2.75) is 5.37 Å². The molecule has 1 fully saturated rings. The van der Waals surface area contributed by atoms with Crippen LogP contribution in [0.1, 0.15) is 10.9 Å². The summed E-state index contributed by atoms with van der Waals surface area (Å²) in [6, 6.07) is 5.25. The van der Waals surface area contributed by atoms with Gasteiger partial charge in [-0.1, -0.05) is 29.3 Å². The predicted molar refractivity (Wildman–Crippen MR) is 88.3 cm³/mol. The molecule has 0 bridgehead atoms. The molecule has 5 nitrogen and oxygen atoms in total. The topological polar surface area (TPSA) is 58.6 Å². The maximum atomic E-state index is 12.0. The Balaban J connectivity index is 2.05. The molecule has 22 heavy (non-hydrogen) atoms. The summed E-state index contributed by atoms with van der Waals surface area (Å²) in [5, 5.41) is 3.38. The minimum absolute atomic E-state index is 0.0143. The van der Waals surface area contributed by atoms with Gasteiger partial charge in [-0.05, 0) is 17.7 Å². The minimum atomic E-state index is -0.226. The third-order valence-electron chi connectivity index (χ3n) is 3.14. The zero-order chi connectivity index (χ0) is 16.1. The second-order valence-electron chi connectivity index (χ2n) is 4.70. The van der Waals surface area contributed by atoms with Gasteiger partial charge in [0.1, 0.15) is 11.9 Å². The van der Waals surface area contributed by atoms with Crippen LogP contribution in [0.3, 0.4) is 0 Å². The molecule has 1 atom stereocenters. The van der Waals surface area contributed by atoms with Gasteiger partial charge in [0.25, 0.3) is 0 Å². The number of carbonyl (C=O) groups excluding carboxylic acids is 2. The number of thioether (sulfide) groups is 1. The summed E-state index contributed by atoms with van der Waals surface area (Å²) in [5.41, 5.74) is 0.856. The summed E-state index contributed by atoms with van der Waals surface area (Å²) < 4.78 is 4.87. The molecule has 1 heterocycles. The van der Waals surface area contributed by atoms with Crippen molar-refractivity contribution in [3.8, 4) is 0 Å². The molecule has 0 saturated carbocycles. The van der Waals surface area contributed by atoms with Crippen molar-refractivity contribution in [1.29, 1.82) is 0 Å². The van der Waals surface area contributed by atoms with Gasteiger partial charge in [-0.3, -0.25) is 9.59 Å². The van der Waals surface area contributed by atoms with Gasteiger partial charge in [-0.15, -0.1) is 11.8 Å². The van der Waals surface area contributed by atoms with E-state index >= 15 is 0 Å². The first-order valence-electron chi connectivity index (χ1n) is 6.64. The number of amides is 2. The molecule has 2 rings (SSSR count). The Morgan fingerprint density at radius 2 is 2.23 bits per heavy atom. The molecule has 0 unspecified atom stereocenters. The SMILES string of the molecule is COCCNC(=O)CN1C(=O)CS[C@H]1c1ccc(Cl)c(Cl)c1. The Morgan fingerprint density at radius 1 is 1.45 bits per heavy atom. The summed E-state index contributed by atoms with van der Waals surface area (Å²) in [4.78, 5) is 25.5. The molecule has 0 aromatic heterocycles. The van der Waals surface area contributed by atoms with E-state index in [0.717, 1.165) is 5.56 Å². The van der Waals surface area contributed by atoms with E-state index in [1.54, 1.807) is 24.1 Å². The fraction of sp³-hybridized carbons (Fsp3) is 0.429. The molecule has 0 radical (unpaired) electrons. The molecular weight excluding hydrogens is 347 g/mol. The number of hydrogen-bond acceptors (Lipinski definition) is 4. The van der Waals surface area contributed by atoms with E-state index in [0.29, 0.717) is 28.9 Å². The zero-order valence-corrected chi connectivity index (χ0v) is 14.3. The lowest BCUT2D eigenvalue weighted by molar-refractivity contribution is -0.133. The zero-order valence-electron chi connectivity index (χ0n) is 12.0. The van der Waals surface area contributed by atoms with Crippen LogP contribution in [0, 0.1) is 0 Å². The van der Waals surface area contributed by atoms with Crippen molar-refractivity contribution in [2.75, 3.05) is 32.6 Å². The largest absolute Gasteiger partial charge is 0.383 e. The highest BCUT2D eigenvalue weighted by Gasteiger charge is 2.34. The van der Waals surface area contributed by atoms with Crippen molar-refractivity contribution >= 4 is 46.8 Å². The van der Waals surface area contributed by atoms with E-state index in [9.17, 15) is 9.59 Å². The number of nitrogens with one attached hydrogen (secondary N) is 1. The first-order valence-corrected chi connectivity index (χ1v) is 8.45. The van der Waals surface area contributed by atoms with Crippen LogP contribution in [-0.4, -0.2) is 49.3 Å². The number of halogens is 2. The molecule has 1 aliphatic heterocycles. The highest BCUT2D eigenvalue weighted by atomic mass is 35.5. The van der Waals surface area contributed by atoms with E-state index in [4.69, 9.17) is 27.9 Å². The second-order valence-corrected chi connectivity index (χ2v) is 6.58. The van der Waals surface area contributed by atoms with Crippen molar-refractivity contribution in [3.05, 3.63) is 33.8 Å². The lowest BCUT2D eigenvalue weighted by Crippen LogP contribution is -2.40. The Hall–Kier alpha value is -0.950. The lowest BCUT2D eigenvalue weighted by Gasteiger charge is -2.24. The number of ether oxygens (including phenoxy) is 1. The van der Waals surface area contributed by atoms with E-state index in [1.807, 2.05) is 6.07 Å². The minimum Gasteiger partial charge on any atom is -0.383 e. The van der Waals surface area contributed by atoms with Crippen LogP contribution in [-0.2, 0) is 14.3 Å². The fourth-order valence-electron chi connectivity index (χ4n) is 2.07. The van der Waals surface area contributed by atoms with Gasteiger partial charge in [-0.2, -0.15) is 0 Å². The summed E-state index contributed by atoms with van der Waals surface area (Å²) in [7, 11) is 1.56. The number of nitrogens with zero attached hydrogens (tertiary/aromatic N) is 1. The normalized spacial score (nSPS) is 17.9. The van der Waals surface area contributed by atoms with Gasteiger partial charge < -0.3 is 15.0 Å². The van der Waals surface area contributed by atoms with Crippen LogP contribution in [0.25, 0.3) is 0 Å². The highest BCUT2D eigenvalue weighted by molar-refractivity contribution is 8.00. The molecule has 1 aromatic rings. The molecule has 1 aromatic carbocycles. The van der Waals surface area contributed by atoms with Gasteiger partial charge in [-0.25, -0.2) is 0 Å². The van der Waals surface area contributed by atoms with Crippen LogP contribution in [0.4, 0.5) is 0 Å². The number of hydrogen-bond donors (Lipinski definition) is 1. The summed E-state index contributed by atoms with van der Waals surface area (Å²) in [6.07, 6.45) is 0. The van der Waals surface area contributed by atoms with Gasteiger partial charge in [0.15, 0.2) is 0 Å². The molecule has 0 spiro atoms. The van der Waals surface area contributed by atoms with Crippen LogP contribution >= 0.6 is 35.0 Å². The van der Waals surface area contributed by atoms with Crippen LogP contribution < -0.4 is 5.32 Å². The molecule has 1 aliphatic rings. The first-order chi connectivity index (χ1) is 10.5. The number of methoxy groups -OCH3 is 1. The Kier molecular flexibility index (Phi) is 6.37. The average molecular weight is 363 g/mol. The standard InChI is InChI=1S/C14H16Cl2N2O3S/c1-21-5-4-17-12(19)7-18-13(20)8-22-14(18)9-2-3-10(15)11(16)6-9/h2-3,6,14H,4-5,7-8H2,1H3,(H,17,19)/t14-/m0/s1. The van der Waals surface area contributed by atoms with Crippen molar-refractivity contribution < 1.29 is 14.3 Å². The lowest BCUT2D eigenvalue weighted by atomic mass is 10.2. The third kappa shape index (κ3) is 4.29. The molecule has 0 aliphatic carbocycles. The molecule has 1 N–H and O–H groups in total. The molecular formula is C14H16Cl2N2O3S. The monoisotopic (exact) mass is 362 g/mol.